The molecule has 33 heavy (non-hydrogen) atoms. The van der Waals surface area contributed by atoms with Gasteiger partial charge in [-0.15, -0.1) is 0 Å². The van der Waals surface area contributed by atoms with Crippen LogP contribution in [0.2, 0.25) is 0 Å². The van der Waals surface area contributed by atoms with E-state index in [0.29, 0.717) is 50.4 Å². The standard InChI is InChI=1S/C25H30N4O4/c1-15-4-3-5-19-22(15)18(24(31)27-19)12-21-16(2)23-20(26-21)6-7-29(25(23)32)14-17(30)13-28-8-10-33-11-9-28/h3-5,12,17,26,30H,6-11,13-14H2,1-2H3,(H,27,31)/b18-12-/t17-/m0/s1. The van der Waals surface area contributed by atoms with E-state index in [1.165, 1.54) is 0 Å². The summed E-state index contributed by atoms with van der Waals surface area (Å²) in [5.41, 5.74) is 6.54. The van der Waals surface area contributed by atoms with Crippen LogP contribution in [0.25, 0.3) is 11.6 Å². The number of rotatable bonds is 5. The summed E-state index contributed by atoms with van der Waals surface area (Å²) < 4.78 is 5.36. The predicted octanol–water partition coefficient (Wildman–Crippen LogP) is 1.82. The van der Waals surface area contributed by atoms with Gasteiger partial charge in [0.15, 0.2) is 0 Å². The Labute approximate surface area is 193 Å². The van der Waals surface area contributed by atoms with Crippen LogP contribution in [-0.4, -0.2) is 83.7 Å². The quantitative estimate of drug-likeness (QED) is 0.604. The molecule has 3 aliphatic heterocycles. The summed E-state index contributed by atoms with van der Waals surface area (Å²) in [4.78, 5) is 33.2. The number of aryl methyl sites for hydroxylation is 1. The lowest BCUT2D eigenvalue weighted by Crippen LogP contribution is -2.47. The van der Waals surface area contributed by atoms with Crippen molar-refractivity contribution in [3.63, 3.8) is 0 Å². The second kappa shape index (κ2) is 8.78. The van der Waals surface area contributed by atoms with Crippen molar-refractivity contribution in [1.82, 2.24) is 14.8 Å². The number of nitrogens with one attached hydrogen (secondary N) is 2. The highest BCUT2D eigenvalue weighted by Crippen LogP contribution is 2.36. The molecule has 4 heterocycles. The molecular weight excluding hydrogens is 420 g/mol. The molecule has 0 aliphatic carbocycles. The molecule has 174 valence electrons. The van der Waals surface area contributed by atoms with E-state index in [4.69, 9.17) is 4.74 Å². The number of aromatic amines is 1. The molecule has 3 aliphatic rings. The van der Waals surface area contributed by atoms with Gasteiger partial charge < -0.3 is 25.0 Å². The van der Waals surface area contributed by atoms with E-state index >= 15 is 0 Å². The third-order valence-corrected chi connectivity index (χ3v) is 6.83. The van der Waals surface area contributed by atoms with Crippen LogP contribution in [0, 0.1) is 13.8 Å². The fraction of sp³-hybridized carbons (Fsp3) is 0.440. The first-order valence-corrected chi connectivity index (χ1v) is 11.5. The number of anilines is 1. The van der Waals surface area contributed by atoms with Gasteiger partial charge in [-0.3, -0.25) is 14.5 Å². The van der Waals surface area contributed by atoms with E-state index in [9.17, 15) is 14.7 Å². The Morgan fingerprint density at radius 2 is 1.91 bits per heavy atom. The molecule has 8 heteroatoms. The van der Waals surface area contributed by atoms with Crippen LogP contribution in [-0.2, 0) is 16.0 Å². The molecular formula is C25H30N4O4. The molecule has 1 fully saturated rings. The summed E-state index contributed by atoms with van der Waals surface area (Å²) in [5.74, 6) is -0.200. The summed E-state index contributed by atoms with van der Waals surface area (Å²) >= 11 is 0. The van der Waals surface area contributed by atoms with Crippen molar-refractivity contribution in [2.75, 3.05) is 51.3 Å². The Hall–Kier alpha value is -2.94. The maximum Gasteiger partial charge on any atom is 0.256 e. The first-order valence-electron chi connectivity index (χ1n) is 11.5. The van der Waals surface area contributed by atoms with E-state index in [2.05, 4.69) is 15.2 Å². The van der Waals surface area contributed by atoms with Gasteiger partial charge in [-0.05, 0) is 37.1 Å². The van der Waals surface area contributed by atoms with Crippen LogP contribution in [0.1, 0.15) is 38.4 Å². The lowest BCUT2D eigenvalue weighted by atomic mass is 9.99. The molecule has 1 aromatic carbocycles. The average Bonchev–Trinajstić information content (AvgIpc) is 3.28. The second-order valence-electron chi connectivity index (χ2n) is 9.09. The molecule has 8 nitrogen and oxygen atoms in total. The number of aromatic nitrogens is 1. The lowest BCUT2D eigenvalue weighted by Gasteiger charge is -2.32. The molecule has 0 saturated carbocycles. The largest absolute Gasteiger partial charge is 0.390 e. The lowest BCUT2D eigenvalue weighted by molar-refractivity contribution is -0.110. The molecule has 0 spiro atoms. The number of hydrogen-bond donors (Lipinski definition) is 3. The zero-order chi connectivity index (χ0) is 23.1. The van der Waals surface area contributed by atoms with Crippen molar-refractivity contribution < 1.29 is 19.4 Å². The van der Waals surface area contributed by atoms with Gasteiger partial charge in [0.05, 0.1) is 30.5 Å². The van der Waals surface area contributed by atoms with E-state index in [1.807, 2.05) is 38.1 Å². The minimum atomic E-state index is -0.601. The Bertz CT molecular complexity index is 1130. The summed E-state index contributed by atoms with van der Waals surface area (Å²) in [5, 5.41) is 13.5. The number of morpholine rings is 1. The number of ether oxygens (including phenoxy) is 1. The van der Waals surface area contributed by atoms with Crippen molar-refractivity contribution in [3.8, 4) is 0 Å². The predicted molar refractivity (Wildman–Crippen MR) is 126 cm³/mol. The third kappa shape index (κ3) is 4.10. The average molecular weight is 451 g/mol. The number of aliphatic hydroxyl groups is 1. The monoisotopic (exact) mass is 450 g/mol. The molecule has 0 radical (unpaired) electrons. The number of nitrogens with zero attached hydrogens (tertiary/aromatic N) is 2. The van der Waals surface area contributed by atoms with Crippen LogP contribution in [0.3, 0.4) is 0 Å². The zero-order valence-electron chi connectivity index (χ0n) is 19.1. The van der Waals surface area contributed by atoms with E-state index in [-0.39, 0.29) is 11.8 Å². The zero-order valence-corrected chi connectivity index (χ0v) is 19.1. The summed E-state index contributed by atoms with van der Waals surface area (Å²) in [6, 6.07) is 5.82. The minimum Gasteiger partial charge on any atom is -0.390 e. The number of benzene rings is 1. The molecule has 1 aromatic heterocycles. The van der Waals surface area contributed by atoms with Crippen LogP contribution >= 0.6 is 0 Å². The molecule has 1 atom stereocenters. The number of H-pyrrole nitrogens is 1. The van der Waals surface area contributed by atoms with Crippen molar-refractivity contribution in [3.05, 3.63) is 51.8 Å². The summed E-state index contributed by atoms with van der Waals surface area (Å²) in [6.07, 6.45) is 1.94. The highest BCUT2D eigenvalue weighted by Gasteiger charge is 2.32. The van der Waals surface area contributed by atoms with Gasteiger partial charge in [0.2, 0.25) is 0 Å². The van der Waals surface area contributed by atoms with Crippen LogP contribution in [0.4, 0.5) is 5.69 Å². The normalized spacial score (nSPS) is 20.7. The highest BCUT2D eigenvalue weighted by molar-refractivity contribution is 6.35. The van der Waals surface area contributed by atoms with Crippen molar-refractivity contribution in [2.45, 2.75) is 26.4 Å². The first-order chi connectivity index (χ1) is 15.9. The smallest absolute Gasteiger partial charge is 0.256 e. The second-order valence-corrected chi connectivity index (χ2v) is 9.09. The van der Waals surface area contributed by atoms with Crippen LogP contribution in [0.5, 0.6) is 0 Å². The molecule has 5 rings (SSSR count). The summed E-state index contributed by atoms with van der Waals surface area (Å²) in [6.45, 7) is 8.29. The molecule has 0 bridgehead atoms. The fourth-order valence-corrected chi connectivity index (χ4v) is 5.09. The number of β-amino-alcohol motifs (C(OH)–C–C–N with tert-alkyl or cyclic N) is 1. The van der Waals surface area contributed by atoms with Gasteiger partial charge in [-0.1, -0.05) is 12.1 Å². The molecule has 2 amide bonds. The van der Waals surface area contributed by atoms with E-state index in [0.717, 1.165) is 46.9 Å². The number of hydrogen-bond acceptors (Lipinski definition) is 5. The highest BCUT2D eigenvalue weighted by atomic mass is 16.5. The Morgan fingerprint density at radius 1 is 1.12 bits per heavy atom. The van der Waals surface area contributed by atoms with Gasteiger partial charge in [0.25, 0.3) is 11.8 Å². The first kappa shape index (κ1) is 21.9. The Balaban J connectivity index is 1.36. The van der Waals surface area contributed by atoms with Gasteiger partial charge >= 0.3 is 0 Å². The van der Waals surface area contributed by atoms with Gasteiger partial charge in [-0.2, -0.15) is 0 Å². The van der Waals surface area contributed by atoms with E-state index < -0.39 is 6.10 Å². The third-order valence-electron chi connectivity index (χ3n) is 6.83. The summed E-state index contributed by atoms with van der Waals surface area (Å²) in [7, 11) is 0. The Kier molecular flexibility index (Phi) is 5.82. The number of carbonyl (C=O) groups excluding carboxylic acids is 2. The fourth-order valence-electron chi connectivity index (χ4n) is 5.09. The number of aliphatic hydroxyl groups excluding tert-OH is 1. The van der Waals surface area contributed by atoms with Crippen LogP contribution in [0.15, 0.2) is 18.2 Å². The molecule has 2 aromatic rings. The van der Waals surface area contributed by atoms with Crippen molar-refractivity contribution in [1.29, 1.82) is 0 Å². The maximum atomic E-state index is 13.3. The Morgan fingerprint density at radius 3 is 2.70 bits per heavy atom. The number of amides is 2. The van der Waals surface area contributed by atoms with Gasteiger partial charge in [0.1, 0.15) is 0 Å². The molecule has 0 unspecified atom stereocenters. The van der Waals surface area contributed by atoms with Crippen LogP contribution < -0.4 is 5.32 Å². The van der Waals surface area contributed by atoms with E-state index in [1.54, 1.807) is 4.90 Å². The van der Waals surface area contributed by atoms with Crippen molar-refractivity contribution >= 4 is 29.2 Å². The number of carbonyl (C=O) groups is 2. The van der Waals surface area contributed by atoms with Crippen molar-refractivity contribution in [2.24, 2.45) is 0 Å². The molecule has 1 saturated heterocycles. The molecule has 3 N–H and O–H groups in total. The van der Waals surface area contributed by atoms with Gasteiger partial charge in [-0.25, -0.2) is 0 Å². The SMILES string of the molecule is Cc1cccc2c1/C(=C/c1[nH]c3c(c1C)C(=O)N(C[C@@H](O)CN1CCOCC1)CC3)C(=O)N2. The maximum absolute atomic E-state index is 13.3. The minimum absolute atomic E-state index is 0.0665. The van der Waals surface area contributed by atoms with Gasteiger partial charge in [0, 0.05) is 61.8 Å². The number of fused-ring (bicyclic) bond motifs is 2. The topological polar surface area (TPSA) is 97.9 Å².